The molecule has 1 aliphatic rings. The fraction of sp³-hybridized carbons (Fsp3) is 0.414. The molecular weight excluding hydrogens is 748 g/mol. The zero-order valence-electron chi connectivity index (χ0n) is 26.2. The number of alkyl halides is 8. The Morgan fingerprint density at radius 2 is 1.67 bits per heavy atom. The molecule has 14 nitrogen and oxygen atoms in total. The van der Waals surface area contributed by atoms with Gasteiger partial charge < -0.3 is 19.3 Å². The van der Waals surface area contributed by atoms with Gasteiger partial charge in [0, 0.05) is 18.8 Å². The van der Waals surface area contributed by atoms with E-state index in [0.29, 0.717) is 11.7 Å². The number of aryl methyl sites for hydroxylation is 1. The highest BCUT2D eigenvalue weighted by Gasteiger charge is 2.64. The minimum absolute atomic E-state index is 0.0376. The molecule has 0 spiro atoms. The Morgan fingerprint density at radius 3 is 2.25 bits per heavy atom. The first-order valence-electron chi connectivity index (χ1n) is 14.5. The van der Waals surface area contributed by atoms with Crippen LogP contribution in [0.3, 0.4) is 0 Å². The first-order valence-corrected chi connectivity index (χ1v) is 14.8. The van der Waals surface area contributed by atoms with Crippen LogP contribution in [-0.2, 0) is 42.9 Å². The summed E-state index contributed by atoms with van der Waals surface area (Å²) < 4.78 is 124. The molecule has 4 rings (SSSR count). The Balaban J connectivity index is 1.56. The van der Waals surface area contributed by atoms with Gasteiger partial charge in [-0.05, 0) is 30.5 Å². The molecule has 1 aliphatic carbocycles. The first-order chi connectivity index (χ1) is 24.1. The van der Waals surface area contributed by atoms with Gasteiger partial charge in [-0.3, -0.25) is 19.3 Å². The maximum Gasteiger partial charge on any atom is 0.510 e. The summed E-state index contributed by atoms with van der Waals surface area (Å²) in [6.07, 6.45) is -12.3. The predicted molar refractivity (Wildman–Crippen MR) is 155 cm³/mol. The van der Waals surface area contributed by atoms with Crippen molar-refractivity contribution in [2.45, 2.75) is 49.5 Å². The van der Waals surface area contributed by atoms with Crippen LogP contribution in [0.15, 0.2) is 30.6 Å². The molecule has 1 fully saturated rings. The number of aromatic nitrogens is 4. The number of carboxylic acid groups (broad SMARTS) is 1. The number of hydrogen-bond donors (Lipinski definition) is 1. The number of benzene rings is 1. The number of nitrogens with zero attached hydrogens (tertiary/aromatic N) is 6. The largest absolute Gasteiger partial charge is 0.510 e. The maximum absolute atomic E-state index is 14.1. The highest BCUT2D eigenvalue weighted by atomic mass is 35.5. The second-order valence-electron chi connectivity index (χ2n) is 11.0. The van der Waals surface area contributed by atoms with Crippen LogP contribution in [0.25, 0.3) is 16.9 Å². The number of rotatable bonds is 13. The summed E-state index contributed by atoms with van der Waals surface area (Å²) in [5.41, 5.74) is -6.75. The summed E-state index contributed by atoms with van der Waals surface area (Å²) in [4.78, 5) is 48.7. The molecule has 0 aliphatic heterocycles. The number of hydrogen-bond acceptors (Lipinski definition) is 10. The monoisotopic (exact) mass is 770 g/mol. The van der Waals surface area contributed by atoms with E-state index in [1.54, 1.807) is 0 Å². The van der Waals surface area contributed by atoms with Crippen molar-refractivity contribution in [1.29, 1.82) is 5.26 Å². The number of carboxylic acids is 1. The van der Waals surface area contributed by atoms with E-state index in [2.05, 4.69) is 10.2 Å². The molecule has 1 N–H and O–H groups in total. The van der Waals surface area contributed by atoms with Crippen LogP contribution in [0.4, 0.5) is 39.9 Å². The lowest BCUT2D eigenvalue weighted by Gasteiger charge is -2.27. The molecule has 0 saturated heterocycles. The summed E-state index contributed by atoms with van der Waals surface area (Å²) in [7, 11) is 0.705. The zero-order chi connectivity index (χ0) is 38.8. The molecule has 1 saturated carbocycles. The van der Waals surface area contributed by atoms with Crippen molar-refractivity contribution in [1.82, 2.24) is 24.5 Å². The Labute approximate surface area is 291 Å². The van der Waals surface area contributed by atoms with E-state index < -0.39 is 97.7 Å². The average Bonchev–Trinajstić information content (AvgIpc) is 3.52. The minimum atomic E-state index is -6.41. The predicted octanol–water partition coefficient (Wildman–Crippen LogP) is 5.62. The maximum atomic E-state index is 14.1. The van der Waals surface area contributed by atoms with Crippen LogP contribution in [0, 0.1) is 11.3 Å². The smallest absolute Gasteiger partial charge is 0.481 e. The Bertz CT molecular complexity index is 1920. The van der Waals surface area contributed by atoms with E-state index in [4.69, 9.17) is 30.9 Å². The van der Waals surface area contributed by atoms with Crippen LogP contribution in [0.2, 0.25) is 5.02 Å². The van der Waals surface area contributed by atoms with Gasteiger partial charge in [-0.1, -0.05) is 17.7 Å². The molecule has 23 heteroatoms. The molecule has 1 aromatic carbocycles. The standard InChI is InChI=1S/C29H23ClF8N6O8/c1-42-23(21(28(33,34)35)22(41-42)27(31,32)29(36,37)38)44-12-16(11-40-44)15-2-3-18(30)17(10-15)24(48)43(26(13-39)6-7-26)14-52-25(49)51-9-8-50-20(47)5-4-19(45)46/h2-3,10-12H,4-9,14H2,1H3,(H,45,46). The Kier molecular flexibility index (Phi) is 11.1. The van der Waals surface area contributed by atoms with Gasteiger partial charge in [0.05, 0.1) is 35.7 Å². The fourth-order valence-corrected chi connectivity index (χ4v) is 4.85. The molecule has 0 atom stereocenters. The molecular formula is C29H23ClF8N6O8. The van der Waals surface area contributed by atoms with Gasteiger partial charge in [0.15, 0.2) is 18.2 Å². The molecule has 0 bridgehead atoms. The van der Waals surface area contributed by atoms with Crippen LogP contribution in [-0.4, -0.2) is 85.2 Å². The van der Waals surface area contributed by atoms with Gasteiger partial charge in [0.1, 0.15) is 24.3 Å². The van der Waals surface area contributed by atoms with Gasteiger partial charge in [-0.2, -0.15) is 50.6 Å². The van der Waals surface area contributed by atoms with Gasteiger partial charge in [-0.15, -0.1) is 0 Å². The zero-order valence-corrected chi connectivity index (χ0v) is 27.0. The van der Waals surface area contributed by atoms with Crippen LogP contribution < -0.4 is 0 Å². The highest BCUT2D eigenvalue weighted by molar-refractivity contribution is 6.34. The van der Waals surface area contributed by atoms with Crippen LogP contribution in [0.5, 0.6) is 0 Å². The highest BCUT2D eigenvalue weighted by Crippen LogP contribution is 2.49. The Morgan fingerprint density at radius 1 is 1.02 bits per heavy atom. The van der Waals surface area contributed by atoms with Crippen molar-refractivity contribution in [3.8, 4) is 23.0 Å². The van der Waals surface area contributed by atoms with Gasteiger partial charge >= 0.3 is 36.4 Å². The molecule has 52 heavy (non-hydrogen) atoms. The fourth-order valence-electron chi connectivity index (χ4n) is 4.65. The summed E-state index contributed by atoms with van der Waals surface area (Å²) in [5.74, 6) is -10.3. The number of halogens is 9. The van der Waals surface area contributed by atoms with Crippen molar-refractivity contribution in [2.75, 3.05) is 19.9 Å². The third kappa shape index (κ3) is 8.35. The second-order valence-corrected chi connectivity index (χ2v) is 11.4. The number of aliphatic carboxylic acids is 1. The normalized spacial score (nSPS) is 13.9. The van der Waals surface area contributed by atoms with Crippen molar-refractivity contribution in [2.24, 2.45) is 7.05 Å². The minimum Gasteiger partial charge on any atom is -0.481 e. The molecule has 0 unspecified atom stereocenters. The lowest BCUT2D eigenvalue weighted by atomic mass is 10.0. The van der Waals surface area contributed by atoms with Crippen molar-refractivity contribution >= 4 is 35.6 Å². The number of carbonyl (C=O) groups is 4. The van der Waals surface area contributed by atoms with Crippen molar-refractivity contribution in [3.63, 3.8) is 0 Å². The molecule has 2 heterocycles. The second kappa shape index (κ2) is 14.6. The average molecular weight is 771 g/mol. The molecule has 280 valence electrons. The van der Waals surface area contributed by atoms with E-state index in [-0.39, 0.29) is 39.2 Å². The molecule has 1 amide bonds. The lowest BCUT2D eigenvalue weighted by molar-refractivity contribution is -0.292. The number of nitriles is 1. The lowest BCUT2D eigenvalue weighted by Crippen LogP contribution is -2.43. The number of ether oxygens (including phenoxy) is 3. The van der Waals surface area contributed by atoms with E-state index in [1.165, 1.54) is 12.1 Å². The number of carbonyl (C=O) groups excluding carboxylic acids is 3. The van der Waals surface area contributed by atoms with E-state index in [9.17, 15) is 59.6 Å². The summed E-state index contributed by atoms with van der Waals surface area (Å²) >= 11 is 6.27. The van der Waals surface area contributed by atoms with E-state index >= 15 is 0 Å². The summed E-state index contributed by atoms with van der Waals surface area (Å²) in [5, 5.41) is 24.7. The van der Waals surface area contributed by atoms with Crippen LogP contribution in [0.1, 0.15) is 47.3 Å². The molecule has 0 radical (unpaired) electrons. The summed E-state index contributed by atoms with van der Waals surface area (Å²) in [6.45, 7) is -1.80. The topological polar surface area (TPSA) is 179 Å². The third-order valence-corrected chi connectivity index (χ3v) is 7.73. The van der Waals surface area contributed by atoms with Gasteiger partial charge in [0.25, 0.3) is 5.91 Å². The van der Waals surface area contributed by atoms with Crippen LogP contribution >= 0.6 is 11.6 Å². The summed E-state index contributed by atoms with van der Waals surface area (Å²) in [6, 6.07) is 5.53. The quantitative estimate of drug-likeness (QED) is 0.0988. The molecule has 2 aromatic heterocycles. The van der Waals surface area contributed by atoms with Crippen molar-refractivity contribution in [3.05, 3.63) is 52.4 Å². The van der Waals surface area contributed by atoms with E-state index in [1.807, 2.05) is 6.07 Å². The Hall–Kier alpha value is -5.46. The van der Waals surface area contributed by atoms with Gasteiger partial charge in [-0.25, -0.2) is 14.2 Å². The molecule has 3 aromatic rings. The number of esters is 1. The third-order valence-electron chi connectivity index (χ3n) is 7.40. The van der Waals surface area contributed by atoms with Crippen molar-refractivity contribution < 1.29 is 73.6 Å². The first kappa shape index (κ1) is 39.3. The SMILES string of the molecule is Cn1nc(C(F)(F)C(F)(F)F)c(C(F)(F)F)c1-n1cc(-c2ccc(Cl)c(C(=O)N(COC(=O)OCCOC(=O)CCC(=O)O)C3(C#N)CC3)c2)cn1. The number of amides is 1. The van der Waals surface area contributed by atoms with Gasteiger partial charge in [0.2, 0.25) is 0 Å². The van der Waals surface area contributed by atoms with E-state index in [0.717, 1.165) is 23.4 Å².